The lowest BCUT2D eigenvalue weighted by molar-refractivity contribution is -0.384. The van der Waals surface area contributed by atoms with E-state index in [0.717, 1.165) is 5.70 Å². The van der Waals surface area contributed by atoms with E-state index in [2.05, 4.69) is 10.6 Å². The van der Waals surface area contributed by atoms with Crippen molar-refractivity contribution in [1.82, 2.24) is 10.6 Å². The zero-order chi connectivity index (χ0) is 20.5. The van der Waals surface area contributed by atoms with Gasteiger partial charge in [-0.1, -0.05) is 29.8 Å². The molecule has 0 amide bonds. The van der Waals surface area contributed by atoms with Crippen molar-refractivity contribution in [3.8, 4) is 0 Å². The fourth-order valence-corrected chi connectivity index (χ4v) is 4.02. The number of rotatable bonds is 4. The lowest BCUT2D eigenvalue weighted by Crippen LogP contribution is -2.44. The zero-order valence-electron chi connectivity index (χ0n) is 15.7. The molecule has 8 heteroatoms. The van der Waals surface area contributed by atoms with E-state index in [-0.39, 0.29) is 5.69 Å². The second-order valence-corrected chi connectivity index (χ2v) is 7.15. The van der Waals surface area contributed by atoms with Crippen molar-refractivity contribution in [3.05, 3.63) is 86.9 Å². The number of nitro groups is 1. The van der Waals surface area contributed by atoms with Crippen molar-refractivity contribution in [2.45, 2.75) is 24.8 Å². The monoisotopic (exact) mass is 401 g/mol. The van der Waals surface area contributed by atoms with Crippen LogP contribution in [-0.4, -0.2) is 23.0 Å². The summed E-state index contributed by atoms with van der Waals surface area (Å²) < 4.78 is 5.00. The summed E-state index contributed by atoms with van der Waals surface area (Å²) in [4.78, 5) is 22.4. The van der Waals surface area contributed by atoms with Gasteiger partial charge in [0.15, 0.2) is 5.00 Å². The van der Waals surface area contributed by atoms with Crippen LogP contribution in [0.5, 0.6) is 0 Å². The maximum Gasteiger partial charge on any atom is 0.336 e. The highest BCUT2D eigenvalue weighted by atomic mass is 35.5. The van der Waals surface area contributed by atoms with Gasteiger partial charge in [-0.25, -0.2) is 4.79 Å². The summed E-state index contributed by atoms with van der Waals surface area (Å²) in [7, 11) is 1.30. The molecule has 1 aromatic rings. The number of carbonyl (C=O) groups excluding carboxylic acids is 1. The van der Waals surface area contributed by atoms with Crippen LogP contribution in [0.15, 0.2) is 71.2 Å². The van der Waals surface area contributed by atoms with E-state index in [4.69, 9.17) is 16.3 Å². The molecular formula is C20H20ClN3O4. The van der Waals surface area contributed by atoms with Gasteiger partial charge < -0.3 is 15.4 Å². The van der Waals surface area contributed by atoms with Gasteiger partial charge in [0.1, 0.15) is 0 Å². The van der Waals surface area contributed by atoms with Crippen LogP contribution in [0.2, 0.25) is 0 Å². The molecule has 1 aromatic carbocycles. The molecule has 7 nitrogen and oxygen atoms in total. The molecule has 0 radical (unpaired) electrons. The fraction of sp³-hybridized carbons (Fsp3) is 0.250. The molecule has 28 heavy (non-hydrogen) atoms. The number of methoxy groups -OCH3 is 1. The lowest BCUT2D eigenvalue weighted by atomic mass is 9.76. The Bertz CT molecular complexity index is 964. The smallest absolute Gasteiger partial charge is 0.336 e. The molecule has 2 aliphatic rings. The molecule has 2 heterocycles. The van der Waals surface area contributed by atoms with Crippen LogP contribution in [0, 0.1) is 10.1 Å². The Balaban J connectivity index is 2.25. The number of hydrogen-bond donors (Lipinski definition) is 2. The Morgan fingerprint density at radius 1 is 1.29 bits per heavy atom. The first-order chi connectivity index (χ1) is 13.3. The van der Waals surface area contributed by atoms with Gasteiger partial charge in [-0.15, -0.1) is 0 Å². The summed E-state index contributed by atoms with van der Waals surface area (Å²) in [6.45, 7) is 3.62. The largest absolute Gasteiger partial charge is 0.466 e. The topological polar surface area (TPSA) is 93.5 Å². The normalized spacial score (nSPS) is 23.9. The number of nitrogens with zero attached hydrogens (tertiary/aromatic N) is 1. The van der Waals surface area contributed by atoms with Crippen LogP contribution in [0.25, 0.3) is 0 Å². The number of benzene rings is 1. The first-order valence-corrected chi connectivity index (χ1v) is 8.99. The van der Waals surface area contributed by atoms with Gasteiger partial charge in [0, 0.05) is 35.0 Å². The Kier molecular flexibility index (Phi) is 5.29. The first kappa shape index (κ1) is 19.7. The molecule has 2 unspecified atom stereocenters. The second-order valence-electron chi connectivity index (χ2n) is 6.55. The second kappa shape index (κ2) is 7.52. The predicted molar refractivity (Wildman–Crippen MR) is 106 cm³/mol. The molecule has 0 saturated carbocycles. The molecule has 2 aliphatic heterocycles. The minimum Gasteiger partial charge on any atom is -0.466 e. The number of alkyl halides is 1. The number of carbonyl (C=O) groups is 1. The average Bonchev–Trinajstić information content (AvgIpc) is 2.67. The number of nitrogens with one attached hydrogen (secondary N) is 2. The summed E-state index contributed by atoms with van der Waals surface area (Å²) in [5.41, 5.74) is 2.90. The first-order valence-electron chi connectivity index (χ1n) is 8.61. The van der Waals surface area contributed by atoms with Crippen LogP contribution in [0.4, 0.5) is 5.69 Å². The highest BCUT2D eigenvalue weighted by Crippen LogP contribution is 2.46. The van der Waals surface area contributed by atoms with Crippen molar-refractivity contribution < 1.29 is 14.5 Å². The Morgan fingerprint density at radius 2 is 2.04 bits per heavy atom. The van der Waals surface area contributed by atoms with E-state index < -0.39 is 21.8 Å². The number of ether oxygens (including phenoxy) is 1. The van der Waals surface area contributed by atoms with E-state index in [1.165, 1.54) is 19.2 Å². The number of halogens is 1. The quantitative estimate of drug-likeness (QED) is 0.263. The summed E-state index contributed by atoms with van der Waals surface area (Å²) in [6.07, 6.45) is 7.09. The van der Waals surface area contributed by atoms with Crippen molar-refractivity contribution >= 4 is 23.3 Å². The van der Waals surface area contributed by atoms with Crippen molar-refractivity contribution in [3.63, 3.8) is 0 Å². The number of nitro benzene ring substituents is 1. The average molecular weight is 402 g/mol. The highest BCUT2D eigenvalue weighted by Gasteiger charge is 2.43. The summed E-state index contributed by atoms with van der Waals surface area (Å²) >= 11 is 6.90. The maximum absolute atomic E-state index is 12.6. The number of esters is 1. The predicted octanol–water partition coefficient (Wildman–Crippen LogP) is 3.61. The van der Waals surface area contributed by atoms with Gasteiger partial charge in [-0.05, 0) is 37.8 Å². The van der Waals surface area contributed by atoms with Gasteiger partial charge in [-0.2, -0.15) is 0 Å². The van der Waals surface area contributed by atoms with Crippen LogP contribution >= 0.6 is 11.6 Å². The maximum atomic E-state index is 12.6. The number of allylic oxidation sites excluding steroid dienone is 4. The molecule has 2 atom stereocenters. The fourth-order valence-electron chi connectivity index (χ4n) is 3.64. The van der Waals surface area contributed by atoms with E-state index in [1.807, 2.05) is 6.92 Å². The molecule has 2 N–H and O–H groups in total. The number of non-ortho nitro benzene ring substituents is 1. The number of hydrogen-bond acceptors (Lipinski definition) is 6. The standard InChI is InChI=1S/C20H20ClN3O4/c1-12-16(19(25)28-3)17(14-7-6-8-15(11-14)24(26)27)18(13(2)23-12)20(21)9-4-5-10-22-20/h4-11,17,22-23H,1-3H3. The van der Waals surface area contributed by atoms with Crippen molar-refractivity contribution in [2.75, 3.05) is 7.11 Å². The SMILES string of the molecule is COC(=O)C1=C(C)NC(C)=C(C2(Cl)C=CC=CN2)C1c1cccc([N+](=O)[O-])c1. The van der Waals surface area contributed by atoms with Gasteiger partial charge >= 0.3 is 5.97 Å². The van der Waals surface area contributed by atoms with Crippen LogP contribution < -0.4 is 10.6 Å². The highest BCUT2D eigenvalue weighted by molar-refractivity contribution is 6.27. The molecule has 0 aliphatic carbocycles. The minimum atomic E-state index is -1.11. The molecule has 0 fully saturated rings. The number of dihydropyridines is 2. The Labute approximate surface area is 167 Å². The van der Waals surface area contributed by atoms with E-state index >= 15 is 0 Å². The Morgan fingerprint density at radius 3 is 2.64 bits per heavy atom. The lowest BCUT2D eigenvalue weighted by Gasteiger charge is -2.39. The van der Waals surface area contributed by atoms with Crippen LogP contribution in [0.1, 0.15) is 25.3 Å². The molecular weight excluding hydrogens is 382 g/mol. The van der Waals surface area contributed by atoms with Crippen LogP contribution in [0.3, 0.4) is 0 Å². The summed E-state index contributed by atoms with van der Waals surface area (Å²) in [5, 5.41) is 17.6. The molecule has 0 saturated heterocycles. The third-order valence-electron chi connectivity index (χ3n) is 4.80. The molecule has 0 spiro atoms. The molecule has 3 rings (SSSR count). The molecule has 0 bridgehead atoms. The third-order valence-corrected chi connectivity index (χ3v) is 5.24. The van der Waals surface area contributed by atoms with Gasteiger partial charge in [0.25, 0.3) is 5.69 Å². The Hall–Kier alpha value is -3.06. The van der Waals surface area contributed by atoms with Crippen molar-refractivity contribution in [1.29, 1.82) is 0 Å². The van der Waals surface area contributed by atoms with E-state index in [0.29, 0.717) is 22.4 Å². The minimum absolute atomic E-state index is 0.0643. The van der Waals surface area contributed by atoms with Crippen LogP contribution in [-0.2, 0) is 9.53 Å². The van der Waals surface area contributed by atoms with Gasteiger partial charge in [0.2, 0.25) is 0 Å². The van der Waals surface area contributed by atoms with E-state index in [1.54, 1.807) is 43.5 Å². The molecule has 146 valence electrons. The third kappa shape index (κ3) is 3.41. The summed E-state index contributed by atoms with van der Waals surface area (Å²) in [6, 6.07) is 6.21. The van der Waals surface area contributed by atoms with Gasteiger partial charge in [-0.3, -0.25) is 10.1 Å². The zero-order valence-corrected chi connectivity index (χ0v) is 16.4. The summed E-state index contributed by atoms with van der Waals surface area (Å²) in [5.74, 6) is -1.16. The van der Waals surface area contributed by atoms with Gasteiger partial charge in [0.05, 0.1) is 17.6 Å². The van der Waals surface area contributed by atoms with Crippen molar-refractivity contribution in [2.24, 2.45) is 0 Å². The van der Waals surface area contributed by atoms with E-state index in [9.17, 15) is 14.9 Å². The molecule has 0 aromatic heterocycles.